The topological polar surface area (TPSA) is 66.5 Å². The summed E-state index contributed by atoms with van der Waals surface area (Å²) >= 11 is 0. The maximum absolute atomic E-state index is 12.9. The number of rotatable bonds is 5. The molecule has 2 fully saturated rings. The molecule has 2 aliphatic rings. The molecule has 0 bridgehead atoms. The van der Waals surface area contributed by atoms with Crippen LogP contribution < -0.4 is 4.72 Å². The second-order valence-electron chi connectivity index (χ2n) is 6.47. The zero-order valence-electron chi connectivity index (χ0n) is 13.5. The van der Waals surface area contributed by atoms with Gasteiger partial charge in [-0.05, 0) is 57.0 Å². The molecule has 1 aromatic carbocycles. The number of nitrogens with zero attached hydrogens (tertiary/aromatic N) is 1. The van der Waals surface area contributed by atoms with Crippen LogP contribution >= 0.6 is 0 Å². The van der Waals surface area contributed by atoms with Crippen molar-refractivity contribution in [1.82, 2.24) is 9.62 Å². The van der Waals surface area contributed by atoms with E-state index in [4.69, 9.17) is 0 Å². The molecule has 5 nitrogen and oxygen atoms in total. The summed E-state index contributed by atoms with van der Waals surface area (Å²) in [5.74, 6) is 0.0489. The third kappa shape index (κ3) is 3.58. The Morgan fingerprint density at radius 3 is 2.09 bits per heavy atom. The number of hydrogen-bond donors (Lipinski definition) is 1. The van der Waals surface area contributed by atoms with E-state index in [0.717, 1.165) is 25.7 Å². The van der Waals surface area contributed by atoms with Gasteiger partial charge in [-0.1, -0.05) is 19.3 Å². The molecule has 6 heteroatoms. The Labute approximate surface area is 138 Å². The molecule has 0 spiro atoms. The average Bonchev–Trinajstić information content (AvgIpc) is 3.41. The highest BCUT2D eigenvalue weighted by atomic mass is 32.2. The van der Waals surface area contributed by atoms with Crippen molar-refractivity contribution >= 4 is 15.9 Å². The molecule has 0 unspecified atom stereocenters. The van der Waals surface area contributed by atoms with E-state index in [9.17, 15) is 13.2 Å². The highest BCUT2D eigenvalue weighted by Gasteiger charge is 2.38. The van der Waals surface area contributed by atoms with Crippen molar-refractivity contribution in [2.45, 2.75) is 61.9 Å². The van der Waals surface area contributed by atoms with E-state index in [1.54, 1.807) is 12.1 Å². The van der Waals surface area contributed by atoms with Crippen LogP contribution in [0.15, 0.2) is 29.2 Å². The average molecular weight is 336 g/mol. The molecular weight excluding hydrogens is 312 g/mol. The van der Waals surface area contributed by atoms with Crippen molar-refractivity contribution in [3.05, 3.63) is 29.8 Å². The van der Waals surface area contributed by atoms with Crippen molar-refractivity contribution in [1.29, 1.82) is 0 Å². The second kappa shape index (κ2) is 6.61. The Morgan fingerprint density at radius 2 is 1.57 bits per heavy atom. The molecule has 1 aromatic rings. The minimum absolute atomic E-state index is 0.0489. The first-order chi connectivity index (χ1) is 11.0. The molecule has 2 aliphatic carbocycles. The Bertz CT molecular complexity index is 660. The molecule has 0 aromatic heterocycles. The molecule has 0 heterocycles. The lowest BCUT2D eigenvalue weighted by molar-refractivity contribution is 0.0614. The molecule has 23 heavy (non-hydrogen) atoms. The van der Waals surface area contributed by atoms with E-state index >= 15 is 0 Å². The van der Waals surface area contributed by atoms with Crippen molar-refractivity contribution in [2.24, 2.45) is 0 Å². The fourth-order valence-corrected chi connectivity index (χ4v) is 4.12. The molecule has 2 saturated carbocycles. The quantitative estimate of drug-likeness (QED) is 0.898. The maximum atomic E-state index is 12.9. The summed E-state index contributed by atoms with van der Waals surface area (Å²) in [6.45, 7) is 0. The van der Waals surface area contributed by atoms with Crippen LogP contribution in [0.4, 0.5) is 0 Å². The van der Waals surface area contributed by atoms with Gasteiger partial charge >= 0.3 is 0 Å². The van der Waals surface area contributed by atoms with Gasteiger partial charge in [0, 0.05) is 17.6 Å². The first-order valence-corrected chi connectivity index (χ1v) is 9.87. The summed E-state index contributed by atoms with van der Waals surface area (Å²) in [6, 6.07) is 7.00. The van der Waals surface area contributed by atoms with Crippen LogP contribution in [-0.4, -0.2) is 38.4 Å². The van der Waals surface area contributed by atoms with Crippen LogP contribution in [0.2, 0.25) is 0 Å². The summed E-state index contributed by atoms with van der Waals surface area (Å²) in [6.07, 6.45) is 8.02. The standard InChI is InChI=1S/C17H24N2O3S/c1-18-23(21,22)16-11-7-13(8-12-16)17(20)19(15-9-10-15)14-5-3-2-4-6-14/h7-8,11-12,14-15,18H,2-6,9-10H2,1H3. The molecular formula is C17H24N2O3S. The minimum Gasteiger partial charge on any atom is -0.333 e. The molecule has 0 aliphatic heterocycles. The molecule has 126 valence electrons. The monoisotopic (exact) mass is 336 g/mol. The smallest absolute Gasteiger partial charge is 0.254 e. The minimum atomic E-state index is -3.46. The lowest BCUT2D eigenvalue weighted by atomic mass is 9.93. The number of benzene rings is 1. The summed E-state index contributed by atoms with van der Waals surface area (Å²) in [5.41, 5.74) is 0.581. The zero-order valence-corrected chi connectivity index (χ0v) is 14.3. The summed E-state index contributed by atoms with van der Waals surface area (Å²) in [5, 5.41) is 0. The van der Waals surface area contributed by atoms with E-state index in [1.807, 2.05) is 0 Å². The predicted octanol–water partition coefficient (Wildman–Crippen LogP) is 2.53. The lowest BCUT2D eigenvalue weighted by Crippen LogP contribution is -2.43. The van der Waals surface area contributed by atoms with Crippen molar-refractivity contribution in [3.8, 4) is 0 Å². The molecule has 0 atom stereocenters. The van der Waals surface area contributed by atoms with E-state index in [-0.39, 0.29) is 10.8 Å². The SMILES string of the molecule is CNS(=O)(=O)c1ccc(C(=O)N(C2CCCCC2)C2CC2)cc1. The normalized spacial score (nSPS) is 19.5. The summed E-state index contributed by atoms with van der Waals surface area (Å²) in [7, 11) is -2.08. The van der Waals surface area contributed by atoms with Gasteiger partial charge in [-0.25, -0.2) is 13.1 Å². The fourth-order valence-electron chi connectivity index (χ4n) is 3.39. The van der Waals surface area contributed by atoms with Crippen molar-refractivity contribution in [3.63, 3.8) is 0 Å². The first-order valence-electron chi connectivity index (χ1n) is 8.39. The second-order valence-corrected chi connectivity index (χ2v) is 8.35. The van der Waals surface area contributed by atoms with Gasteiger partial charge in [0.25, 0.3) is 5.91 Å². The van der Waals surface area contributed by atoms with E-state index in [2.05, 4.69) is 9.62 Å². The van der Waals surface area contributed by atoms with E-state index in [1.165, 1.54) is 38.4 Å². The molecule has 1 N–H and O–H groups in total. The zero-order chi connectivity index (χ0) is 16.4. The number of carbonyl (C=O) groups excluding carboxylic acids is 1. The highest BCUT2D eigenvalue weighted by molar-refractivity contribution is 7.89. The number of amides is 1. The number of hydrogen-bond acceptors (Lipinski definition) is 3. The molecule has 0 saturated heterocycles. The fraction of sp³-hybridized carbons (Fsp3) is 0.588. The Hall–Kier alpha value is -1.40. The highest BCUT2D eigenvalue weighted by Crippen LogP contribution is 2.35. The van der Waals surface area contributed by atoms with Crippen LogP contribution in [0.1, 0.15) is 55.3 Å². The maximum Gasteiger partial charge on any atom is 0.254 e. The largest absolute Gasteiger partial charge is 0.333 e. The summed E-state index contributed by atoms with van der Waals surface area (Å²) in [4.78, 5) is 15.2. The molecule has 0 radical (unpaired) electrons. The van der Waals surface area contributed by atoms with Gasteiger partial charge in [0.05, 0.1) is 4.90 Å². The third-order valence-corrected chi connectivity index (χ3v) is 6.25. The van der Waals surface area contributed by atoms with Gasteiger partial charge in [-0.2, -0.15) is 0 Å². The van der Waals surface area contributed by atoms with Gasteiger partial charge in [0.2, 0.25) is 10.0 Å². The number of sulfonamides is 1. The Kier molecular flexibility index (Phi) is 4.73. The summed E-state index contributed by atoms with van der Waals surface area (Å²) < 4.78 is 25.8. The Morgan fingerprint density at radius 1 is 1.00 bits per heavy atom. The molecule has 1 amide bonds. The third-order valence-electron chi connectivity index (χ3n) is 4.82. The van der Waals surface area contributed by atoms with Gasteiger partial charge < -0.3 is 4.90 Å². The van der Waals surface area contributed by atoms with Crippen LogP contribution in [0.25, 0.3) is 0 Å². The van der Waals surface area contributed by atoms with Crippen LogP contribution in [0.3, 0.4) is 0 Å². The van der Waals surface area contributed by atoms with Crippen molar-refractivity contribution in [2.75, 3.05) is 7.05 Å². The first kappa shape index (κ1) is 16.5. The molecule has 3 rings (SSSR count). The van der Waals surface area contributed by atoms with Gasteiger partial charge in [0.1, 0.15) is 0 Å². The van der Waals surface area contributed by atoms with E-state index in [0.29, 0.717) is 17.6 Å². The number of carbonyl (C=O) groups is 1. The predicted molar refractivity (Wildman–Crippen MR) is 88.8 cm³/mol. The lowest BCUT2D eigenvalue weighted by Gasteiger charge is -2.34. The Balaban J connectivity index is 1.80. The van der Waals surface area contributed by atoms with Crippen molar-refractivity contribution < 1.29 is 13.2 Å². The van der Waals surface area contributed by atoms with Gasteiger partial charge in [0.15, 0.2) is 0 Å². The van der Waals surface area contributed by atoms with Crippen LogP contribution in [0, 0.1) is 0 Å². The van der Waals surface area contributed by atoms with E-state index < -0.39 is 10.0 Å². The van der Waals surface area contributed by atoms with Gasteiger partial charge in [-0.3, -0.25) is 4.79 Å². The van der Waals surface area contributed by atoms with Crippen LogP contribution in [-0.2, 0) is 10.0 Å². The number of nitrogens with one attached hydrogen (secondary N) is 1. The van der Waals surface area contributed by atoms with Gasteiger partial charge in [-0.15, -0.1) is 0 Å². The van der Waals surface area contributed by atoms with Crippen LogP contribution in [0.5, 0.6) is 0 Å².